The molecule has 25 heavy (non-hydrogen) atoms. The minimum Gasteiger partial charge on any atom is -0.402 e. The van der Waals surface area contributed by atoms with Crippen molar-refractivity contribution >= 4 is 39.7 Å². The molecule has 0 atom stereocenters. The van der Waals surface area contributed by atoms with Crippen LogP contribution in [0.4, 0.5) is 0 Å². The Morgan fingerprint density at radius 1 is 1.08 bits per heavy atom. The van der Waals surface area contributed by atoms with E-state index in [0.717, 1.165) is 6.26 Å². The highest BCUT2D eigenvalue weighted by Gasteiger charge is 2.24. The second-order valence-corrected chi connectivity index (χ2v) is 7.21. The fraction of sp³-hybridized carbons (Fsp3) is 0.0588. The molecule has 0 unspecified atom stereocenters. The molecule has 0 spiro atoms. The summed E-state index contributed by atoms with van der Waals surface area (Å²) in [5, 5.41) is 0.570. The van der Waals surface area contributed by atoms with Crippen LogP contribution in [-0.2, 0) is 19.6 Å². The Kier molecular flexibility index (Phi) is 4.61. The molecule has 2 aromatic rings. The van der Waals surface area contributed by atoms with Crippen LogP contribution in [0.25, 0.3) is 6.08 Å². The minimum absolute atomic E-state index is 0.140. The lowest BCUT2D eigenvalue weighted by atomic mass is 10.2. The summed E-state index contributed by atoms with van der Waals surface area (Å²) >= 11 is 5.83. The lowest BCUT2D eigenvalue weighted by molar-refractivity contribution is -0.129. The molecule has 0 bridgehead atoms. The van der Waals surface area contributed by atoms with E-state index in [2.05, 4.69) is 4.99 Å². The van der Waals surface area contributed by atoms with E-state index in [-0.39, 0.29) is 17.3 Å². The van der Waals surface area contributed by atoms with Crippen molar-refractivity contribution in [2.75, 3.05) is 6.26 Å². The molecule has 2 aromatic carbocycles. The zero-order chi connectivity index (χ0) is 18.0. The van der Waals surface area contributed by atoms with Gasteiger partial charge in [-0.15, -0.1) is 0 Å². The SMILES string of the molecule is CS(=O)(=O)Oc1ccc(/C=C2/N=C(c3ccc(Cl)cc3)OC2=O)cc1. The van der Waals surface area contributed by atoms with Crippen LogP contribution in [0.2, 0.25) is 5.02 Å². The highest BCUT2D eigenvalue weighted by molar-refractivity contribution is 7.86. The predicted molar refractivity (Wildman–Crippen MR) is 94.0 cm³/mol. The van der Waals surface area contributed by atoms with Crippen LogP contribution < -0.4 is 4.18 Å². The Labute approximate surface area is 149 Å². The Morgan fingerprint density at radius 2 is 1.72 bits per heavy atom. The van der Waals surface area contributed by atoms with Crippen molar-refractivity contribution in [2.24, 2.45) is 4.99 Å². The number of cyclic esters (lactones) is 1. The third kappa shape index (κ3) is 4.46. The summed E-state index contributed by atoms with van der Waals surface area (Å²) in [6.07, 6.45) is 2.50. The summed E-state index contributed by atoms with van der Waals surface area (Å²) in [4.78, 5) is 16.1. The van der Waals surface area contributed by atoms with Crippen molar-refractivity contribution in [2.45, 2.75) is 0 Å². The Balaban J connectivity index is 1.83. The van der Waals surface area contributed by atoms with Crippen molar-refractivity contribution in [3.63, 3.8) is 0 Å². The second-order valence-electron chi connectivity index (χ2n) is 5.20. The molecular formula is C17H12ClNO5S. The molecule has 0 aromatic heterocycles. The fourth-order valence-electron chi connectivity index (χ4n) is 2.08. The first-order valence-electron chi connectivity index (χ1n) is 7.08. The van der Waals surface area contributed by atoms with Gasteiger partial charge in [-0.25, -0.2) is 9.79 Å². The lowest BCUT2D eigenvalue weighted by Crippen LogP contribution is -2.05. The van der Waals surface area contributed by atoms with Gasteiger partial charge in [-0.05, 0) is 48.0 Å². The van der Waals surface area contributed by atoms with Crippen molar-refractivity contribution in [3.05, 3.63) is 70.4 Å². The summed E-state index contributed by atoms with van der Waals surface area (Å²) < 4.78 is 32.1. The molecule has 0 aliphatic carbocycles. The summed E-state index contributed by atoms with van der Waals surface area (Å²) in [7, 11) is -3.58. The molecule has 6 nitrogen and oxygen atoms in total. The van der Waals surface area contributed by atoms with Crippen molar-refractivity contribution in [1.82, 2.24) is 0 Å². The Morgan fingerprint density at radius 3 is 2.32 bits per heavy atom. The van der Waals surface area contributed by atoms with Crippen LogP contribution in [0.3, 0.4) is 0 Å². The zero-order valence-electron chi connectivity index (χ0n) is 13.0. The molecule has 128 valence electrons. The van der Waals surface area contributed by atoms with Crippen LogP contribution in [0, 0.1) is 0 Å². The van der Waals surface area contributed by atoms with E-state index >= 15 is 0 Å². The van der Waals surface area contributed by atoms with E-state index in [0.29, 0.717) is 16.1 Å². The first-order valence-corrected chi connectivity index (χ1v) is 9.28. The maximum Gasteiger partial charge on any atom is 0.363 e. The molecular weight excluding hydrogens is 366 g/mol. The number of ether oxygens (including phenoxy) is 1. The maximum atomic E-state index is 11.9. The fourth-order valence-corrected chi connectivity index (χ4v) is 2.66. The number of carbonyl (C=O) groups excluding carboxylic acids is 1. The largest absolute Gasteiger partial charge is 0.402 e. The molecule has 3 rings (SSSR count). The van der Waals surface area contributed by atoms with Gasteiger partial charge in [0.15, 0.2) is 5.70 Å². The van der Waals surface area contributed by atoms with E-state index in [1.165, 1.54) is 18.2 Å². The first-order chi connectivity index (χ1) is 11.8. The van der Waals surface area contributed by atoms with Crippen molar-refractivity contribution in [3.8, 4) is 5.75 Å². The molecule has 0 saturated carbocycles. The molecule has 8 heteroatoms. The van der Waals surface area contributed by atoms with Crippen LogP contribution in [-0.4, -0.2) is 26.5 Å². The normalized spacial score (nSPS) is 15.8. The number of nitrogens with zero attached hydrogens (tertiary/aromatic N) is 1. The van der Waals surface area contributed by atoms with Gasteiger partial charge in [0.25, 0.3) is 0 Å². The van der Waals surface area contributed by atoms with Gasteiger partial charge in [-0.1, -0.05) is 23.7 Å². The third-order valence-electron chi connectivity index (χ3n) is 3.14. The van der Waals surface area contributed by atoms with Gasteiger partial charge in [0, 0.05) is 10.6 Å². The highest BCUT2D eigenvalue weighted by Crippen LogP contribution is 2.21. The van der Waals surface area contributed by atoms with Crippen molar-refractivity contribution in [1.29, 1.82) is 0 Å². The molecule has 1 aliphatic heterocycles. The summed E-state index contributed by atoms with van der Waals surface area (Å²) in [5.41, 5.74) is 1.42. The molecule has 1 heterocycles. The van der Waals surface area contributed by atoms with Gasteiger partial charge in [0.2, 0.25) is 5.90 Å². The van der Waals surface area contributed by atoms with Crippen LogP contribution >= 0.6 is 11.6 Å². The third-order valence-corrected chi connectivity index (χ3v) is 3.89. The number of benzene rings is 2. The van der Waals surface area contributed by atoms with E-state index < -0.39 is 16.1 Å². The monoisotopic (exact) mass is 377 g/mol. The van der Waals surface area contributed by atoms with Crippen LogP contribution in [0.1, 0.15) is 11.1 Å². The Hall–Kier alpha value is -2.64. The first kappa shape index (κ1) is 17.2. The highest BCUT2D eigenvalue weighted by atomic mass is 35.5. The molecule has 0 fully saturated rings. The van der Waals surface area contributed by atoms with E-state index in [4.69, 9.17) is 20.5 Å². The van der Waals surface area contributed by atoms with Crippen LogP contribution in [0.5, 0.6) is 5.75 Å². The van der Waals surface area contributed by atoms with E-state index in [1.54, 1.807) is 36.4 Å². The number of carbonyl (C=O) groups is 1. The van der Waals surface area contributed by atoms with Gasteiger partial charge >= 0.3 is 16.1 Å². The van der Waals surface area contributed by atoms with E-state index in [1.807, 2.05) is 0 Å². The number of rotatable bonds is 4. The van der Waals surface area contributed by atoms with Crippen LogP contribution in [0.15, 0.2) is 59.2 Å². The van der Waals surface area contributed by atoms with Gasteiger partial charge in [-0.2, -0.15) is 8.42 Å². The number of aliphatic imine (C=N–C) groups is 1. The number of hydrogen-bond donors (Lipinski definition) is 0. The quantitative estimate of drug-likeness (QED) is 0.464. The summed E-state index contributed by atoms with van der Waals surface area (Å²) in [6.45, 7) is 0. The van der Waals surface area contributed by atoms with Crippen molar-refractivity contribution < 1.29 is 22.1 Å². The summed E-state index contributed by atoms with van der Waals surface area (Å²) in [5.74, 6) is -0.185. The topological polar surface area (TPSA) is 82.0 Å². The van der Waals surface area contributed by atoms with Gasteiger partial charge in [-0.3, -0.25) is 0 Å². The number of hydrogen-bond acceptors (Lipinski definition) is 6. The maximum absolute atomic E-state index is 11.9. The second kappa shape index (κ2) is 6.70. The molecule has 0 N–H and O–H groups in total. The molecule has 0 amide bonds. The lowest BCUT2D eigenvalue weighted by Gasteiger charge is -2.02. The number of halogens is 1. The van der Waals surface area contributed by atoms with Gasteiger partial charge in [0.05, 0.1) is 6.26 Å². The zero-order valence-corrected chi connectivity index (χ0v) is 14.5. The minimum atomic E-state index is -3.58. The number of esters is 1. The summed E-state index contributed by atoms with van der Waals surface area (Å²) in [6, 6.07) is 12.9. The average Bonchev–Trinajstić information content (AvgIpc) is 2.89. The Bertz CT molecular complexity index is 977. The van der Waals surface area contributed by atoms with Gasteiger partial charge < -0.3 is 8.92 Å². The van der Waals surface area contributed by atoms with E-state index in [9.17, 15) is 13.2 Å². The molecule has 1 aliphatic rings. The smallest absolute Gasteiger partial charge is 0.363 e. The van der Waals surface area contributed by atoms with Gasteiger partial charge in [0.1, 0.15) is 5.75 Å². The standard InChI is InChI=1S/C17H12ClNO5S/c1-25(21,22)24-14-8-2-11(3-9-14)10-15-17(20)23-16(19-15)12-4-6-13(18)7-5-12/h2-10H,1H3/b15-10+. The molecule has 0 radical (unpaired) electrons. The average molecular weight is 378 g/mol. The predicted octanol–water partition coefficient (Wildman–Crippen LogP) is 3.02. The molecule has 0 saturated heterocycles.